The SMILES string of the molecule is N#Cc1c(C(=O)O)ccc(-c2ccccc2)c1F. The molecular weight excluding hydrogens is 233 g/mol. The zero-order valence-electron chi connectivity index (χ0n) is 9.22. The molecule has 2 aromatic rings. The van der Waals surface area contributed by atoms with Gasteiger partial charge in [0.2, 0.25) is 0 Å². The number of hydrogen-bond donors (Lipinski definition) is 1. The highest BCUT2D eigenvalue weighted by Crippen LogP contribution is 2.26. The number of hydrogen-bond acceptors (Lipinski definition) is 2. The molecule has 4 heteroatoms. The summed E-state index contributed by atoms with van der Waals surface area (Å²) >= 11 is 0. The molecule has 1 N–H and O–H groups in total. The Balaban J connectivity index is 2.67. The zero-order valence-corrected chi connectivity index (χ0v) is 9.22. The van der Waals surface area contributed by atoms with Crippen molar-refractivity contribution in [3.63, 3.8) is 0 Å². The molecule has 2 rings (SSSR count). The van der Waals surface area contributed by atoms with Crippen LogP contribution in [0.3, 0.4) is 0 Å². The minimum absolute atomic E-state index is 0.220. The van der Waals surface area contributed by atoms with Crippen LogP contribution in [0.2, 0.25) is 0 Å². The number of nitriles is 1. The molecule has 0 fully saturated rings. The fraction of sp³-hybridized carbons (Fsp3) is 0. The average molecular weight is 241 g/mol. The lowest BCUT2D eigenvalue weighted by atomic mass is 9.98. The summed E-state index contributed by atoms with van der Waals surface area (Å²) in [4.78, 5) is 10.9. The summed E-state index contributed by atoms with van der Waals surface area (Å²) in [5.41, 5.74) is 0.0547. The molecule has 0 bridgehead atoms. The molecule has 0 aliphatic heterocycles. The first-order chi connectivity index (χ1) is 8.65. The van der Waals surface area contributed by atoms with Gasteiger partial charge in [0.15, 0.2) is 0 Å². The second-order valence-corrected chi connectivity index (χ2v) is 3.63. The van der Waals surface area contributed by atoms with Crippen LogP contribution in [-0.4, -0.2) is 11.1 Å². The maximum atomic E-state index is 14.1. The lowest BCUT2D eigenvalue weighted by molar-refractivity contribution is 0.0696. The van der Waals surface area contributed by atoms with E-state index in [0.717, 1.165) is 0 Å². The van der Waals surface area contributed by atoms with Crippen molar-refractivity contribution >= 4 is 5.97 Å². The van der Waals surface area contributed by atoms with E-state index in [1.807, 2.05) is 0 Å². The van der Waals surface area contributed by atoms with E-state index in [4.69, 9.17) is 10.4 Å². The van der Waals surface area contributed by atoms with Crippen molar-refractivity contribution in [1.29, 1.82) is 5.26 Å². The Hall–Kier alpha value is -2.67. The molecule has 0 aliphatic carbocycles. The van der Waals surface area contributed by atoms with E-state index in [-0.39, 0.29) is 11.1 Å². The number of benzene rings is 2. The van der Waals surface area contributed by atoms with Crippen molar-refractivity contribution in [2.75, 3.05) is 0 Å². The molecule has 0 saturated heterocycles. The number of aromatic carboxylic acids is 1. The van der Waals surface area contributed by atoms with Gasteiger partial charge in [-0.1, -0.05) is 36.4 Å². The van der Waals surface area contributed by atoms with Crippen molar-refractivity contribution in [2.45, 2.75) is 0 Å². The largest absolute Gasteiger partial charge is 0.478 e. The molecule has 88 valence electrons. The van der Waals surface area contributed by atoms with Crippen LogP contribution < -0.4 is 0 Å². The number of carboxylic acid groups (broad SMARTS) is 1. The third kappa shape index (κ3) is 1.94. The van der Waals surface area contributed by atoms with Crippen molar-refractivity contribution in [2.24, 2.45) is 0 Å². The number of carboxylic acids is 1. The Morgan fingerprint density at radius 2 is 1.83 bits per heavy atom. The smallest absolute Gasteiger partial charge is 0.337 e. The van der Waals surface area contributed by atoms with Gasteiger partial charge in [0.05, 0.1) is 5.56 Å². The highest BCUT2D eigenvalue weighted by molar-refractivity contribution is 5.91. The third-order valence-electron chi connectivity index (χ3n) is 2.57. The normalized spacial score (nSPS) is 9.78. The molecule has 0 spiro atoms. The van der Waals surface area contributed by atoms with Gasteiger partial charge in [-0.2, -0.15) is 5.26 Å². The monoisotopic (exact) mass is 241 g/mol. The lowest BCUT2D eigenvalue weighted by Gasteiger charge is -2.06. The molecule has 2 aromatic carbocycles. The van der Waals surface area contributed by atoms with Crippen LogP contribution in [0.1, 0.15) is 15.9 Å². The van der Waals surface area contributed by atoms with Crippen LogP contribution in [0, 0.1) is 17.1 Å². The molecule has 0 aliphatic rings. The van der Waals surface area contributed by atoms with E-state index in [2.05, 4.69) is 0 Å². The van der Waals surface area contributed by atoms with E-state index in [1.54, 1.807) is 36.4 Å². The number of carbonyl (C=O) groups is 1. The van der Waals surface area contributed by atoms with Gasteiger partial charge in [-0.3, -0.25) is 0 Å². The Bertz CT molecular complexity index is 645. The first-order valence-electron chi connectivity index (χ1n) is 5.16. The van der Waals surface area contributed by atoms with Crippen LogP contribution in [0.25, 0.3) is 11.1 Å². The average Bonchev–Trinajstić information content (AvgIpc) is 2.39. The molecule has 0 atom stereocenters. The van der Waals surface area contributed by atoms with Gasteiger partial charge >= 0.3 is 5.97 Å². The van der Waals surface area contributed by atoms with Gasteiger partial charge in [0.25, 0.3) is 0 Å². The van der Waals surface area contributed by atoms with Crippen LogP contribution in [-0.2, 0) is 0 Å². The van der Waals surface area contributed by atoms with Crippen molar-refractivity contribution in [3.05, 3.63) is 59.4 Å². The summed E-state index contributed by atoms with van der Waals surface area (Å²) in [6.45, 7) is 0. The Morgan fingerprint density at radius 1 is 1.17 bits per heavy atom. The first-order valence-corrected chi connectivity index (χ1v) is 5.16. The molecule has 18 heavy (non-hydrogen) atoms. The van der Waals surface area contributed by atoms with Crippen LogP contribution in [0.4, 0.5) is 4.39 Å². The predicted molar refractivity (Wildman–Crippen MR) is 63.5 cm³/mol. The van der Waals surface area contributed by atoms with Crippen LogP contribution >= 0.6 is 0 Å². The van der Waals surface area contributed by atoms with Gasteiger partial charge < -0.3 is 5.11 Å². The Labute approximate surface area is 103 Å². The molecule has 0 heterocycles. The first kappa shape index (κ1) is 11.8. The van der Waals surface area contributed by atoms with Gasteiger partial charge in [-0.15, -0.1) is 0 Å². The van der Waals surface area contributed by atoms with Gasteiger partial charge in [-0.25, -0.2) is 9.18 Å². The quantitative estimate of drug-likeness (QED) is 0.878. The summed E-state index contributed by atoms with van der Waals surface area (Å²) < 4.78 is 14.1. The molecule has 0 amide bonds. The molecule has 0 aromatic heterocycles. The van der Waals surface area contributed by atoms with Crippen molar-refractivity contribution < 1.29 is 14.3 Å². The molecular formula is C14H8FNO2. The molecule has 0 unspecified atom stereocenters. The predicted octanol–water partition coefficient (Wildman–Crippen LogP) is 3.06. The van der Waals surface area contributed by atoms with E-state index in [1.165, 1.54) is 12.1 Å². The highest BCUT2D eigenvalue weighted by Gasteiger charge is 2.18. The summed E-state index contributed by atoms with van der Waals surface area (Å²) in [7, 11) is 0. The minimum Gasteiger partial charge on any atom is -0.478 e. The van der Waals surface area contributed by atoms with E-state index in [0.29, 0.717) is 5.56 Å². The topological polar surface area (TPSA) is 61.1 Å². The summed E-state index contributed by atoms with van der Waals surface area (Å²) in [5.74, 6) is -2.12. The van der Waals surface area contributed by atoms with Crippen molar-refractivity contribution in [1.82, 2.24) is 0 Å². The van der Waals surface area contributed by atoms with E-state index >= 15 is 0 Å². The molecule has 3 nitrogen and oxygen atoms in total. The minimum atomic E-state index is -1.31. The third-order valence-corrected chi connectivity index (χ3v) is 2.57. The van der Waals surface area contributed by atoms with Gasteiger partial charge in [-0.05, 0) is 11.6 Å². The highest BCUT2D eigenvalue weighted by atomic mass is 19.1. The number of nitrogens with zero attached hydrogens (tertiary/aromatic N) is 1. The maximum absolute atomic E-state index is 14.1. The maximum Gasteiger partial charge on any atom is 0.337 e. The van der Waals surface area contributed by atoms with Crippen LogP contribution in [0.15, 0.2) is 42.5 Å². The second-order valence-electron chi connectivity index (χ2n) is 3.63. The zero-order chi connectivity index (χ0) is 13.1. The second kappa shape index (κ2) is 4.68. The number of rotatable bonds is 2. The van der Waals surface area contributed by atoms with Gasteiger partial charge in [0.1, 0.15) is 17.4 Å². The fourth-order valence-electron chi connectivity index (χ4n) is 1.70. The van der Waals surface area contributed by atoms with E-state index < -0.39 is 17.3 Å². The summed E-state index contributed by atoms with van der Waals surface area (Å²) in [6, 6.07) is 12.9. The number of halogens is 1. The van der Waals surface area contributed by atoms with E-state index in [9.17, 15) is 9.18 Å². The fourth-order valence-corrected chi connectivity index (χ4v) is 1.70. The lowest BCUT2D eigenvalue weighted by Crippen LogP contribution is -2.03. The standard InChI is InChI=1S/C14H8FNO2/c15-13-10(9-4-2-1-3-5-9)6-7-11(14(17)18)12(13)8-16/h1-7H,(H,17,18). The Morgan fingerprint density at radius 3 is 2.39 bits per heavy atom. The Kier molecular flexibility index (Phi) is 3.07. The summed E-state index contributed by atoms with van der Waals surface area (Å²) in [5, 5.41) is 17.7. The molecule has 0 radical (unpaired) electrons. The van der Waals surface area contributed by atoms with Gasteiger partial charge in [0, 0.05) is 5.56 Å². The molecule has 0 saturated carbocycles. The summed E-state index contributed by atoms with van der Waals surface area (Å²) in [6.07, 6.45) is 0. The van der Waals surface area contributed by atoms with Crippen molar-refractivity contribution in [3.8, 4) is 17.2 Å². The van der Waals surface area contributed by atoms with Crippen LogP contribution in [0.5, 0.6) is 0 Å².